The highest BCUT2D eigenvalue weighted by atomic mass is 19.4. The Morgan fingerprint density at radius 3 is 2.33 bits per heavy atom. The minimum atomic E-state index is -5.17. The first-order chi connectivity index (χ1) is 18.2. The van der Waals surface area contributed by atoms with Crippen LogP contribution in [0.2, 0.25) is 0 Å². The number of benzene rings is 1. The van der Waals surface area contributed by atoms with E-state index >= 15 is 0 Å². The molecule has 1 N–H and O–H groups in total. The number of carbonyl (C=O) groups is 3. The molecule has 0 heterocycles. The maximum atomic E-state index is 14.7. The van der Waals surface area contributed by atoms with Crippen molar-refractivity contribution in [2.45, 2.75) is 76.7 Å². The summed E-state index contributed by atoms with van der Waals surface area (Å²) >= 11 is 0. The van der Waals surface area contributed by atoms with Crippen LogP contribution in [0.3, 0.4) is 0 Å². The number of rotatable bonds is 5. The van der Waals surface area contributed by atoms with Crippen LogP contribution in [-0.4, -0.2) is 42.2 Å². The molecule has 4 aliphatic rings. The van der Waals surface area contributed by atoms with E-state index in [2.05, 4.69) is 6.58 Å². The van der Waals surface area contributed by atoms with Gasteiger partial charge in [-0.05, 0) is 74.2 Å². The molecule has 0 radical (unpaired) electrons. The van der Waals surface area contributed by atoms with Gasteiger partial charge in [-0.15, -0.1) is 0 Å². The van der Waals surface area contributed by atoms with Crippen molar-refractivity contribution in [1.29, 1.82) is 0 Å². The van der Waals surface area contributed by atoms with Gasteiger partial charge in [-0.3, -0.25) is 9.59 Å². The van der Waals surface area contributed by atoms with Crippen molar-refractivity contribution in [3.8, 4) is 0 Å². The molecule has 0 saturated heterocycles. The summed E-state index contributed by atoms with van der Waals surface area (Å²) in [5, 5.41) is 10.3. The number of aliphatic carboxylic acids is 1. The maximum Gasteiger partial charge on any atom is 0.432 e. The highest BCUT2D eigenvalue weighted by Gasteiger charge is 2.73. The molecular formula is C30H35F3O6. The van der Waals surface area contributed by atoms with E-state index in [-0.39, 0.29) is 24.0 Å². The molecule has 39 heavy (non-hydrogen) atoms. The van der Waals surface area contributed by atoms with Crippen LogP contribution in [0.15, 0.2) is 42.5 Å². The number of methoxy groups -OCH3 is 1. The molecule has 1 spiro atoms. The number of halogens is 3. The Bertz CT molecular complexity index is 1210. The van der Waals surface area contributed by atoms with Crippen molar-refractivity contribution in [3.05, 3.63) is 48.0 Å². The van der Waals surface area contributed by atoms with Gasteiger partial charge < -0.3 is 14.6 Å². The van der Waals surface area contributed by atoms with Crippen molar-refractivity contribution in [1.82, 2.24) is 0 Å². The monoisotopic (exact) mass is 548 g/mol. The second-order valence-corrected chi connectivity index (χ2v) is 12.4. The molecule has 4 saturated carbocycles. The normalized spacial score (nSPS) is 39.3. The highest BCUT2D eigenvalue weighted by Crippen LogP contribution is 2.71. The summed E-state index contributed by atoms with van der Waals surface area (Å²) in [7, 11) is 0.808. The molecule has 1 aromatic rings. The zero-order valence-corrected chi connectivity index (χ0v) is 22.5. The molecule has 0 amide bonds. The predicted molar refractivity (Wildman–Crippen MR) is 134 cm³/mol. The van der Waals surface area contributed by atoms with Crippen LogP contribution in [-0.2, 0) is 29.5 Å². The number of carboxylic acids is 1. The number of hydrogen-bond acceptors (Lipinski definition) is 5. The summed E-state index contributed by atoms with van der Waals surface area (Å²) in [5.41, 5.74) is -6.38. The Balaban J connectivity index is 1.65. The zero-order chi connectivity index (χ0) is 28.6. The fraction of sp³-hybridized carbons (Fsp3) is 0.633. The Morgan fingerprint density at radius 1 is 1.08 bits per heavy atom. The third-order valence-electron chi connectivity index (χ3n) is 10.9. The van der Waals surface area contributed by atoms with Crippen LogP contribution >= 0.6 is 0 Å². The topological polar surface area (TPSA) is 89.9 Å². The summed E-state index contributed by atoms with van der Waals surface area (Å²) in [6.45, 7) is 7.72. The van der Waals surface area contributed by atoms with Crippen LogP contribution in [0.5, 0.6) is 0 Å². The summed E-state index contributed by atoms with van der Waals surface area (Å²) in [5.74, 6) is -3.87. The van der Waals surface area contributed by atoms with Gasteiger partial charge in [0.2, 0.25) is 0 Å². The van der Waals surface area contributed by atoms with E-state index in [1.165, 1.54) is 18.2 Å². The number of carbonyl (C=O) groups excluding carboxylic acids is 2. The summed E-state index contributed by atoms with van der Waals surface area (Å²) in [6.07, 6.45) is -3.01. The SMILES string of the molecule is C=C1C(=O)[C@]23C[C@H]1CC[C@H]2[C@]1(C)CCC[C@@](C)(C(=O)O)[C@H]1C[C@@H]3OC(=O)[C@@](OC)(c1ccccc1)C(F)(F)F. The first kappa shape index (κ1) is 27.9. The molecule has 0 aliphatic heterocycles. The third-order valence-corrected chi connectivity index (χ3v) is 10.9. The van der Waals surface area contributed by atoms with E-state index in [0.29, 0.717) is 44.1 Å². The largest absolute Gasteiger partial charge is 0.481 e. The molecule has 1 aromatic carbocycles. The Labute approximate surface area is 225 Å². The first-order valence-corrected chi connectivity index (χ1v) is 13.6. The molecule has 0 unspecified atom stereocenters. The second kappa shape index (κ2) is 8.91. The van der Waals surface area contributed by atoms with Gasteiger partial charge >= 0.3 is 18.1 Å². The van der Waals surface area contributed by atoms with Crippen LogP contribution in [0.1, 0.15) is 64.4 Å². The number of esters is 1. The molecule has 0 aromatic heterocycles. The number of alkyl halides is 3. The summed E-state index contributed by atoms with van der Waals surface area (Å²) in [4.78, 5) is 40.3. The van der Waals surface area contributed by atoms with Gasteiger partial charge in [-0.2, -0.15) is 13.2 Å². The van der Waals surface area contributed by atoms with Crippen molar-refractivity contribution in [2.75, 3.05) is 7.11 Å². The maximum absolute atomic E-state index is 14.7. The molecule has 212 valence electrons. The fourth-order valence-electron chi connectivity index (χ4n) is 9.02. The van der Waals surface area contributed by atoms with E-state index in [4.69, 9.17) is 9.47 Å². The van der Waals surface area contributed by atoms with Crippen LogP contribution in [0.25, 0.3) is 0 Å². The highest BCUT2D eigenvalue weighted by molar-refractivity contribution is 6.04. The lowest BCUT2D eigenvalue weighted by atomic mass is 9.40. The average molecular weight is 549 g/mol. The number of hydrogen-bond donors (Lipinski definition) is 1. The van der Waals surface area contributed by atoms with Crippen LogP contribution < -0.4 is 0 Å². The number of carboxylic acid groups (broad SMARTS) is 1. The first-order valence-electron chi connectivity index (χ1n) is 13.6. The van der Waals surface area contributed by atoms with E-state index in [0.717, 1.165) is 19.2 Å². The standard InChI is InChI=1S/C30H35F3O6/c1-17-18-11-12-20-26(2)13-8-14-27(3,24(35)36)21(26)15-22(28(20,16-18)23(17)34)39-25(37)29(38-4,30(31,32)33)19-9-6-5-7-10-19/h5-7,9-10,18,20-22H,1,8,11-16H2,2-4H3,(H,35,36)/t18-,20+,21+,22+,26+,27-,28-,29+/m1/s1. The van der Waals surface area contributed by atoms with Gasteiger partial charge in [0.15, 0.2) is 5.78 Å². The molecule has 9 heteroatoms. The number of fused-ring (bicyclic) bond motifs is 3. The molecular weight excluding hydrogens is 513 g/mol. The summed E-state index contributed by atoms with van der Waals surface area (Å²) < 4.78 is 54.9. The fourth-order valence-corrected chi connectivity index (χ4v) is 9.02. The van der Waals surface area contributed by atoms with Crippen molar-refractivity contribution in [2.24, 2.45) is 34.0 Å². The molecule has 6 nitrogen and oxygen atoms in total. The predicted octanol–water partition coefficient (Wildman–Crippen LogP) is 5.85. The van der Waals surface area contributed by atoms with Gasteiger partial charge in [-0.25, -0.2) is 4.79 Å². The molecule has 5 rings (SSSR count). The second-order valence-electron chi connectivity index (χ2n) is 12.4. The quantitative estimate of drug-likeness (QED) is 0.367. The minimum absolute atomic E-state index is 0.0142. The number of Topliss-reactive ketones (excluding diaryl/α,β-unsaturated/α-hetero) is 1. The minimum Gasteiger partial charge on any atom is -0.481 e. The Morgan fingerprint density at radius 2 is 1.74 bits per heavy atom. The lowest BCUT2D eigenvalue weighted by molar-refractivity contribution is -0.284. The molecule has 8 atom stereocenters. The van der Waals surface area contributed by atoms with Crippen molar-refractivity contribution in [3.63, 3.8) is 0 Å². The van der Waals surface area contributed by atoms with E-state index < -0.39 is 57.5 Å². The van der Waals surface area contributed by atoms with E-state index in [1.54, 1.807) is 6.92 Å². The van der Waals surface area contributed by atoms with Gasteiger partial charge in [0, 0.05) is 12.7 Å². The number of ketones is 1. The zero-order valence-electron chi connectivity index (χ0n) is 22.5. The van der Waals surface area contributed by atoms with Crippen LogP contribution in [0, 0.1) is 34.0 Å². The van der Waals surface area contributed by atoms with Gasteiger partial charge in [0.1, 0.15) is 6.10 Å². The number of allylic oxidation sites excluding steroid dienone is 1. The Kier molecular flexibility index (Phi) is 6.37. The molecule has 4 fully saturated rings. The van der Waals surface area contributed by atoms with E-state index in [9.17, 15) is 32.7 Å². The van der Waals surface area contributed by atoms with E-state index in [1.807, 2.05) is 6.92 Å². The Hall–Kier alpha value is -2.68. The van der Waals surface area contributed by atoms with Gasteiger partial charge in [0.05, 0.1) is 10.8 Å². The number of ether oxygens (including phenoxy) is 2. The van der Waals surface area contributed by atoms with Crippen molar-refractivity contribution < 1.29 is 42.1 Å². The lowest BCUT2D eigenvalue weighted by Crippen LogP contribution is -2.66. The average Bonchev–Trinajstić information content (AvgIpc) is 3.06. The third kappa shape index (κ3) is 3.54. The van der Waals surface area contributed by atoms with Gasteiger partial charge in [-0.1, -0.05) is 50.3 Å². The van der Waals surface area contributed by atoms with Crippen LogP contribution in [0.4, 0.5) is 13.2 Å². The molecule has 4 aliphatic carbocycles. The lowest BCUT2D eigenvalue weighted by Gasteiger charge is -2.64. The smallest absolute Gasteiger partial charge is 0.432 e. The van der Waals surface area contributed by atoms with Crippen molar-refractivity contribution >= 4 is 17.7 Å². The summed E-state index contributed by atoms with van der Waals surface area (Å²) in [6, 6.07) is 6.58. The molecule has 2 bridgehead atoms. The van der Waals surface area contributed by atoms with Gasteiger partial charge in [0.25, 0.3) is 5.60 Å².